The number of hydrogen-bond donors (Lipinski definition) is 0. The van der Waals surface area contributed by atoms with Crippen LogP contribution in [0, 0.1) is 24.7 Å². The fourth-order valence-electron chi connectivity index (χ4n) is 9.14. The zero-order valence-electron chi connectivity index (χ0n) is 37.5. The number of benzene rings is 10. The van der Waals surface area contributed by atoms with Gasteiger partial charge in [0, 0.05) is 0 Å². The first-order valence-corrected chi connectivity index (χ1v) is 24.9. The van der Waals surface area contributed by atoms with Crippen LogP contribution in [0.2, 0.25) is 0 Å². The average Bonchev–Trinajstić information content (AvgIpc) is 3.35. The maximum atomic E-state index is 7.35. The summed E-state index contributed by atoms with van der Waals surface area (Å²) in [6.45, 7) is 10.1. The first-order valence-electron chi connectivity index (χ1n) is 21.9. The molecule has 10 aromatic rings. The molecular formula is C62H52Au2P2+2. The topological polar surface area (TPSA) is 0 Å². The van der Waals surface area contributed by atoms with E-state index in [0.717, 1.165) is 32.7 Å². The molecule has 0 amide bonds. The Morgan fingerprint density at radius 2 is 0.530 bits per heavy atom. The molecule has 10 rings (SSSR count). The Balaban J connectivity index is 0.000000177. The van der Waals surface area contributed by atoms with E-state index in [0.29, 0.717) is 0 Å². The van der Waals surface area contributed by atoms with Crippen LogP contribution < -0.4 is 21.2 Å². The molecule has 0 bridgehead atoms. The average molecular weight is 1250 g/mol. The molecule has 66 heavy (non-hydrogen) atoms. The van der Waals surface area contributed by atoms with Gasteiger partial charge in [-0.1, -0.05) is 181 Å². The SMILES string of the molecule is CC(C)([PH+](c1ccccc1)c1ccccc1)C(C)(C)[PH+](c1ccccc1)c1ccccc1.[Au+].[Au+].[C-]#Cc1cc2ccccc2c2ccccc12.[C-]#Cc1cc2ccccc2c2ccccc12. The summed E-state index contributed by atoms with van der Waals surface area (Å²) in [5.41, 5.74) is 1.71. The molecule has 0 aromatic heterocycles. The van der Waals surface area contributed by atoms with E-state index in [4.69, 9.17) is 12.8 Å². The molecule has 4 heteroatoms. The van der Waals surface area contributed by atoms with Crippen LogP contribution in [-0.2, 0) is 44.8 Å². The third-order valence-electron chi connectivity index (χ3n) is 12.9. The molecule has 0 saturated heterocycles. The van der Waals surface area contributed by atoms with Crippen LogP contribution >= 0.6 is 15.8 Å². The Kier molecular flexibility index (Phi) is 17.4. The Bertz CT molecular complexity index is 2940. The van der Waals surface area contributed by atoms with Crippen molar-refractivity contribution in [2.75, 3.05) is 0 Å². The van der Waals surface area contributed by atoms with Crippen LogP contribution in [0.1, 0.15) is 38.8 Å². The van der Waals surface area contributed by atoms with Crippen molar-refractivity contribution < 1.29 is 44.8 Å². The van der Waals surface area contributed by atoms with E-state index in [1.807, 2.05) is 72.8 Å². The van der Waals surface area contributed by atoms with Gasteiger partial charge in [0.15, 0.2) is 0 Å². The van der Waals surface area contributed by atoms with Gasteiger partial charge in [-0.3, -0.25) is 11.8 Å². The summed E-state index contributed by atoms with van der Waals surface area (Å²) in [7, 11) is -2.13. The summed E-state index contributed by atoms with van der Waals surface area (Å²) in [5, 5.41) is 15.5. The van der Waals surface area contributed by atoms with Crippen LogP contribution in [0.25, 0.3) is 43.1 Å². The van der Waals surface area contributed by atoms with Gasteiger partial charge >= 0.3 is 44.8 Å². The molecule has 10 aromatic carbocycles. The second-order valence-corrected chi connectivity index (χ2v) is 23.4. The van der Waals surface area contributed by atoms with Crippen molar-refractivity contribution in [3.8, 4) is 11.8 Å². The van der Waals surface area contributed by atoms with Gasteiger partial charge in [-0.2, -0.15) is 0 Å². The molecule has 0 saturated carbocycles. The van der Waals surface area contributed by atoms with Crippen LogP contribution in [0.3, 0.4) is 0 Å². The van der Waals surface area contributed by atoms with Crippen molar-refractivity contribution in [3.63, 3.8) is 0 Å². The zero-order valence-corrected chi connectivity index (χ0v) is 43.9. The Morgan fingerprint density at radius 3 is 0.803 bits per heavy atom. The van der Waals surface area contributed by atoms with Gasteiger partial charge in [-0.25, -0.2) is 0 Å². The van der Waals surface area contributed by atoms with Crippen LogP contribution in [0.15, 0.2) is 231 Å². The number of rotatable bonds is 7. The molecular weight excluding hydrogens is 1200 g/mol. The van der Waals surface area contributed by atoms with Gasteiger partial charge in [0.05, 0.1) is 37.1 Å². The van der Waals surface area contributed by atoms with Crippen molar-refractivity contribution in [2.45, 2.75) is 38.0 Å². The summed E-state index contributed by atoms with van der Waals surface area (Å²) in [6.07, 6.45) is 14.7. The summed E-state index contributed by atoms with van der Waals surface area (Å²) >= 11 is 0. The zero-order chi connectivity index (χ0) is 44.5. The minimum atomic E-state index is -1.07. The molecule has 0 unspecified atom stereocenters. The van der Waals surface area contributed by atoms with Crippen molar-refractivity contribution in [3.05, 3.63) is 254 Å². The van der Waals surface area contributed by atoms with Crippen molar-refractivity contribution in [2.24, 2.45) is 0 Å². The smallest absolute Gasteiger partial charge is 0.366 e. The van der Waals surface area contributed by atoms with Crippen molar-refractivity contribution in [1.29, 1.82) is 0 Å². The number of hydrogen-bond acceptors (Lipinski definition) is 0. The largest absolute Gasteiger partial charge is 1.00 e. The fourth-order valence-corrected chi connectivity index (χ4v) is 16.8. The maximum Gasteiger partial charge on any atom is 1.00 e. The third-order valence-corrected chi connectivity index (χ3v) is 20.5. The van der Waals surface area contributed by atoms with Gasteiger partial charge < -0.3 is 12.8 Å². The minimum absolute atomic E-state index is 0. The molecule has 0 heterocycles. The van der Waals surface area contributed by atoms with E-state index >= 15 is 0 Å². The predicted octanol–water partition coefficient (Wildman–Crippen LogP) is 14.1. The molecule has 0 atom stereocenters. The summed E-state index contributed by atoms with van der Waals surface area (Å²) < 4.78 is 0. The first kappa shape index (κ1) is 50.1. The molecule has 0 nitrogen and oxygen atoms in total. The number of fused-ring (bicyclic) bond motifs is 6. The molecule has 0 spiro atoms. The van der Waals surface area contributed by atoms with Gasteiger partial charge in [0.25, 0.3) is 0 Å². The van der Waals surface area contributed by atoms with E-state index in [1.165, 1.54) is 42.8 Å². The van der Waals surface area contributed by atoms with Gasteiger partial charge in [-0.05, 0) is 109 Å². The van der Waals surface area contributed by atoms with E-state index in [1.54, 1.807) is 0 Å². The van der Waals surface area contributed by atoms with Crippen LogP contribution in [0.5, 0.6) is 0 Å². The monoisotopic (exact) mass is 1250 g/mol. The van der Waals surface area contributed by atoms with Crippen molar-refractivity contribution in [1.82, 2.24) is 0 Å². The molecule has 0 aliphatic rings. The Morgan fingerprint density at radius 1 is 0.303 bits per heavy atom. The van der Waals surface area contributed by atoms with Gasteiger partial charge in [0.2, 0.25) is 0 Å². The molecule has 0 fully saturated rings. The second kappa shape index (κ2) is 22.9. The van der Waals surface area contributed by atoms with E-state index in [2.05, 4.69) is 197 Å². The molecule has 0 radical (unpaired) electrons. The summed E-state index contributed by atoms with van der Waals surface area (Å²) in [6, 6.07) is 81.8. The molecule has 0 aliphatic carbocycles. The fraction of sp³-hybridized carbons (Fsp3) is 0.0968. The van der Waals surface area contributed by atoms with Crippen LogP contribution in [-0.4, -0.2) is 10.3 Å². The van der Waals surface area contributed by atoms with Crippen molar-refractivity contribution >= 4 is 80.2 Å². The summed E-state index contributed by atoms with van der Waals surface area (Å²) in [4.78, 5) is 0. The second-order valence-electron chi connectivity index (χ2n) is 17.1. The third kappa shape index (κ3) is 10.6. The summed E-state index contributed by atoms with van der Waals surface area (Å²) in [5.74, 6) is 5.02. The maximum absolute atomic E-state index is 7.35. The predicted molar refractivity (Wildman–Crippen MR) is 284 cm³/mol. The standard InChI is InChI=1S/C30H32P2.2C16H9.2Au/c1-29(2,31(25-17-9-5-10-18-25)26-19-11-6-12-20-26)30(3,4)32(27-21-13-7-14-22-27)28-23-15-8-16-24-28;2*1-2-12-11-13-7-3-4-9-15(13)16-10-6-5-8-14(12)16;;/h5-24H,1-4H3;2*3-11H;;/q;2*-1;2*+1/p+2. The quantitative estimate of drug-likeness (QED) is 0.0490. The molecule has 0 aliphatic heterocycles. The molecule has 0 N–H and O–H groups in total. The van der Waals surface area contributed by atoms with Gasteiger partial charge in [-0.15, -0.1) is 23.3 Å². The van der Waals surface area contributed by atoms with E-state index in [9.17, 15) is 0 Å². The first-order chi connectivity index (χ1) is 31.2. The Hall–Kier alpha value is -5.30. The van der Waals surface area contributed by atoms with Crippen LogP contribution in [0.4, 0.5) is 0 Å². The van der Waals surface area contributed by atoms with Gasteiger partial charge in [0.1, 0.15) is 10.3 Å². The minimum Gasteiger partial charge on any atom is -0.366 e. The van der Waals surface area contributed by atoms with E-state index in [-0.39, 0.29) is 55.1 Å². The normalized spacial score (nSPS) is 11.0. The Labute approximate surface area is 425 Å². The van der Waals surface area contributed by atoms with E-state index < -0.39 is 15.8 Å². The molecule has 330 valence electrons.